The number of carbonyl (C=O) groups excluding carboxylic acids is 3. The lowest BCUT2D eigenvalue weighted by molar-refractivity contribution is -0.118. The second kappa shape index (κ2) is 7.41. The lowest BCUT2D eigenvalue weighted by Crippen LogP contribution is -2.22. The number of carbonyl (C=O) groups is 3. The van der Waals surface area contributed by atoms with Gasteiger partial charge in [-0.2, -0.15) is 0 Å². The summed E-state index contributed by atoms with van der Waals surface area (Å²) in [6, 6.07) is 15.8. The molecule has 0 spiro atoms. The van der Waals surface area contributed by atoms with Gasteiger partial charge in [-0.25, -0.2) is 0 Å². The first-order valence-corrected chi connectivity index (χ1v) is 9.06. The predicted molar refractivity (Wildman–Crippen MR) is 107 cm³/mol. The van der Waals surface area contributed by atoms with E-state index in [2.05, 4.69) is 5.32 Å². The summed E-state index contributed by atoms with van der Waals surface area (Å²) < 4.78 is 5.38. The molecule has 3 aromatic rings. The first kappa shape index (κ1) is 18.7. The Bertz CT molecular complexity index is 1170. The van der Waals surface area contributed by atoms with Crippen molar-refractivity contribution in [2.45, 2.75) is 0 Å². The highest BCUT2D eigenvalue weighted by atomic mass is 35.5. The van der Waals surface area contributed by atoms with E-state index in [1.807, 2.05) is 0 Å². The standard InChI is InChI=1S/C22H14ClNO5/c23-12-4-3-5-13(10-12)24-18(25)11-29-17-9-8-16-19(22(17)28)21(27)15-7-2-1-6-14(15)20(16)26/h1-10,28H,11H2,(H,24,25). The van der Waals surface area contributed by atoms with Gasteiger partial charge in [-0.3, -0.25) is 14.4 Å². The molecule has 0 unspecified atom stereocenters. The van der Waals surface area contributed by atoms with Gasteiger partial charge in [0.05, 0.1) is 5.56 Å². The summed E-state index contributed by atoms with van der Waals surface area (Å²) in [4.78, 5) is 37.5. The Morgan fingerprint density at radius 2 is 1.66 bits per heavy atom. The van der Waals surface area contributed by atoms with Gasteiger partial charge in [0.1, 0.15) is 0 Å². The van der Waals surface area contributed by atoms with Crippen molar-refractivity contribution >= 4 is 34.8 Å². The number of ketones is 2. The number of hydrogen-bond acceptors (Lipinski definition) is 5. The van der Waals surface area contributed by atoms with Crippen LogP contribution in [0.4, 0.5) is 5.69 Å². The van der Waals surface area contributed by atoms with Crippen LogP contribution < -0.4 is 10.1 Å². The van der Waals surface area contributed by atoms with Crippen molar-refractivity contribution in [2.75, 3.05) is 11.9 Å². The molecule has 0 aliphatic heterocycles. The van der Waals surface area contributed by atoms with E-state index in [1.54, 1.807) is 42.5 Å². The number of rotatable bonds is 4. The fourth-order valence-corrected chi connectivity index (χ4v) is 3.36. The summed E-state index contributed by atoms with van der Waals surface area (Å²) in [5.74, 6) is -1.83. The molecule has 3 aromatic carbocycles. The molecule has 0 fully saturated rings. The Morgan fingerprint density at radius 1 is 0.931 bits per heavy atom. The molecule has 0 aromatic heterocycles. The largest absolute Gasteiger partial charge is 0.504 e. The molecule has 144 valence electrons. The van der Waals surface area contributed by atoms with Crippen LogP contribution in [0, 0.1) is 0 Å². The molecule has 2 N–H and O–H groups in total. The number of nitrogens with one attached hydrogen (secondary N) is 1. The maximum absolute atomic E-state index is 12.8. The Balaban J connectivity index is 1.55. The average molecular weight is 408 g/mol. The van der Waals surface area contributed by atoms with E-state index >= 15 is 0 Å². The van der Waals surface area contributed by atoms with Crippen molar-refractivity contribution in [3.63, 3.8) is 0 Å². The number of hydrogen-bond donors (Lipinski definition) is 2. The maximum atomic E-state index is 12.8. The third-order valence-corrected chi connectivity index (χ3v) is 4.73. The van der Waals surface area contributed by atoms with Gasteiger partial charge in [0, 0.05) is 27.4 Å². The van der Waals surface area contributed by atoms with Crippen LogP contribution >= 0.6 is 11.6 Å². The summed E-state index contributed by atoms with van der Waals surface area (Å²) in [7, 11) is 0. The van der Waals surface area contributed by atoms with Gasteiger partial charge in [0.2, 0.25) is 0 Å². The zero-order valence-corrected chi connectivity index (χ0v) is 15.7. The topological polar surface area (TPSA) is 92.7 Å². The molecule has 6 nitrogen and oxygen atoms in total. The van der Waals surface area contributed by atoms with E-state index in [1.165, 1.54) is 18.2 Å². The summed E-state index contributed by atoms with van der Waals surface area (Å²) in [6.07, 6.45) is 0. The fraction of sp³-hybridized carbons (Fsp3) is 0.0455. The Hall–Kier alpha value is -3.64. The van der Waals surface area contributed by atoms with Crippen LogP contribution in [0.1, 0.15) is 31.8 Å². The summed E-state index contributed by atoms with van der Waals surface area (Å²) in [6.45, 7) is -0.405. The Labute approximate surface area is 170 Å². The molecule has 1 aliphatic rings. The smallest absolute Gasteiger partial charge is 0.262 e. The van der Waals surface area contributed by atoms with Crippen molar-refractivity contribution in [3.8, 4) is 11.5 Å². The predicted octanol–water partition coefficient (Wildman–Crippen LogP) is 3.84. The number of fused-ring (bicyclic) bond motifs is 2. The molecule has 0 saturated carbocycles. The van der Waals surface area contributed by atoms with Gasteiger partial charge in [-0.05, 0) is 30.3 Å². The normalized spacial score (nSPS) is 12.2. The maximum Gasteiger partial charge on any atom is 0.262 e. The molecule has 0 radical (unpaired) electrons. The average Bonchev–Trinajstić information content (AvgIpc) is 2.71. The molecule has 4 rings (SSSR count). The van der Waals surface area contributed by atoms with Gasteiger partial charge in [0.25, 0.3) is 5.91 Å². The highest BCUT2D eigenvalue weighted by Gasteiger charge is 2.33. The Morgan fingerprint density at radius 3 is 2.38 bits per heavy atom. The fourth-order valence-electron chi connectivity index (χ4n) is 3.17. The number of amides is 1. The number of benzene rings is 3. The van der Waals surface area contributed by atoms with Crippen molar-refractivity contribution in [1.82, 2.24) is 0 Å². The monoisotopic (exact) mass is 407 g/mol. The van der Waals surface area contributed by atoms with Gasteiger partial charge < -0.3 is 15.2 Å². The number of phenols is 1. The molecule has 0 heterocycles. The third kappa shape index (κ3) is 3.46. The van der Waals surface area contributed by atoms with Gasteiger partial charge >= 0.3 is 0 Å². The first-order chi connectivity index (χ1) is 14.0. The minimum absolute atomic E-state index is 0.0643. The van der Waals surface area contributed by atoms with Gasteiger partial charge in [0.15, 0.2) is 29.7 Å². The van der Waals surface area contributed by atoms with E-state index in [4.69, 9.17) is 16.3 Å². The molecule has 1 amide bonds. The van der Waals surface area contributed by atoms with Gasteiger partial charge in [-0.1, -0.05) is 41.9 Å². The number of halogens is 1. The van der Waals surface area contributed by atoms with Crippen LogP contribution in [-0.2, 0) is 4.79 Å². The molecular formula is C22H14ClNO5. The second-order valence-electron chi connectivity index (χ2n) is 6.39. The summed E-state index contributed by atoms with van der Waals surface area (Å²) in [5, 5.41) is 13.6. The van der Waals surface area contributed by atoms with E-state index < -0.39 is 24.0 Å². The Kier molecular flexibility index (Phi) is 4.78. The van der Waals surface area contributed by atoms with Crippen LogP contribution in [-0.4, -0.2) is 29.2 Å². The lowest BCUT2D eigenvalue weighted by Gasteiger charge is -2.19. The van der Waals surface area contributed by atoms with Crippen molar-refractivity contribution in [2.24, 2.45) is 0 Å². The van der Waals surface area contributed by atoms with Crippen LogP contribution in [0.5, 0.6) is 11.5 Å². The summed E-state index contributed by atoms with van der Waals surface area (Å²) in [5.41, 5.74) is 0.983. The van der Waals surface area contributed by atoms with Crippen molar-refractivity contribution in [3.05, 3.63) is 87.9 Å². The zero-order valence-electron chi connectivity index (χ0n) is 14.9. The summed E-state index contributed by atoms with van der Waals surface area (Å²) >= 11 is 5.88. The molecule has 29 heavy (non-hydrogen) atoms. The molecule has 1 aliphatic carbocycles. The highest BCUT2D eigenvalue weighted by molar-refractivity contribution is 6.31. The van der Waals surface area contributed by atoms with Crippen LogP contribution in [0.3, 0.4) is 0 Å². The molecule has 0 bridgehead atoms. The van der Waals surface area contributed by atoms with Crippen molar-refractivity contribution < 1.29 is 24.2 Å². The number of anilines is 1. The van der Waals surface area contributed by atoms with Gasteiger partial charge in [-0.15, -0.1) is 0 Å². The van der Waals surface area contributed by atoms with E-state index in [0.717, 1.165) is 0 Å². The minimum Gasteiger partial charge on any atom is -0.504 e. The molecule has 0 saturated heterocycles. The third-order valence-electron chi connectivity index (χ3n) is 4.50. The van der Waals surface area contributed by atoms with Crippen molar-refractivity contribution in [1.29, 1.82) is 0 Å². The quantitative estimate of drug-likeness (QED) is 0.536. The molecule has 7 heteroatoms. The zero-order chi connectivity index (χ0) is 20.5. The van der Waals surface area contributed by atoms with E-state index in [0.29, 0.717) is 16.3 Å². The second-order valence-corrected chi connectivity index (χ2v) is 6.82. The number of aromatic hydroxyl groups is 1. The van der Waals surface area contributed by atoms with Crippen LogP contribution in [0.15, 0.2) is 60.7 Å². The number of ether oxygens (including phenoxy) is 1. The van der Waals surface area contributed by atoms with E-state index in [9.17, 15) is 19.5 Å². The van der Waals surface area contributed by atoms with Crippen LogP contribution in [0.25, 0.3) is 0 Å². The molecular weight excluding hydrogens is 394 g/mol. The lowest BCUT2D eigenvalue weighted by atomic mass is 9.83. The minimum atomic E-state index is -0.475. The van der Waals surface area contributed by atoms with E-state index in [-0.39, 0.29) is 28.2 Å². The number of phenolic OH excluding ortho intramolecular Hbond substituents is 1. The first-order valence-electron chi connectivity index (χ1n) is 8.68. The SMILES string of the molecule is O=C(COc1ccc2c(c1O)C(=O)c1ccccc1C2=O)Nc1cccc(Cl)c1. The van der Waals surface area contributed by atoms with Crippen LogP contribution in [0.2, 0.25) is 5.02 Å². The molecule has 0 atom stereocenters. The highest BCUT2D eigenvalue weighted by Crippen LogP contribution is 2.38.